The Balaban J connectivity index is 1.44. The summed E-state index contributed by atoms with van der Waals surface area (Å²) in [7, 11) is 3.07. The zero-order chi connectivity index (χ0) is 25.1. The molecule has 2 aromatic carbocycles. The van der Waals surface area contributed by atoms with E-state index < -0.39 is 5.92 Å². The third kappa shape index (κ3) is 4.98. The number of rotatable bonds is 7. The van der Waals surface area contributed by atoms with E-state index in [0.717, 1.165) is 11.4 Å². The molecular formula is C26H28N4O5. The summed E-state index contributed by atoms with van der Waals surface area (Å²) in [4.78, 5) is 40.0. The highest BCUT2D eigenvalue weighted by Crippen LogP contribution is 2.36. The first-order chi connectivity index (χ1) is 16.8. The van der Waals surface area contributed by atoms with E-state index in [1.54, 1.807) is 59.2 Å². The quantitative estimate of drug-likeness (QED) is 0.544. The fourth-order valence-corrected chi connectivity index (χ4v) is 4.12. The number of methoxy groups -OCH3 is 2. The Bertz CT molecular complexity index is 1260. The maximum Gasteiger partial charge on any atom is 0.270 e. The van der Waals surface area contributed by atoms with E-state index in [0.29, 0.717) is 28.4 Å². The first kappa shape index (κ1) is 23.9. The van der Waals surface area contributed by atoms with E-state index in [2.05, 4.69) is 10.7 Å². The summed E-state index contributed by atoms with van der Waals surface area (Å²) in [6, 6.07) is 15.7. The average Bonchev–Trinajstić information content (AvgIpc) is 3.40. The third-order valence-electron chi connectivity index (χ3n) is 6.05. The molecule has 0 aliphatic carbocycles. The minimum Gasteiger partial charge on any atom is -0.497 e. The lowest BCUT2D eigenvalue weighted by molar-refractivity contribution is -0.122. The molecule has 9 heteroatoms. The SMILES string of the molecule is COc1ccc(N2C[C@H](C(=O)Nc3cccc(C(=O)Nn4c(C)ccc4C)c3)CC2=O)c(OC)c1. The summed E-state index contributed by atoms with van der Waals surface area (Å²) >= 11 is 0. The van der Waals surface area contributed by atoms with Crippen LogP contribution in [-0.2, 0) is 9.59 Å². The van der Waals surface area contributed by atoms with Crippen molar-refractivity contribution in [2.75, 3.05) is 36.4 Å². The van der Waals surface area contributed by atoms with Gasteiger partial charge in [0, 0.05) is 41.7 Å². The summed E-state index contributed by atoms with van der Waals surface area (Å²) in [5.74, 6) is -0.195. The van der Waals surface area contributed by atoms with Crippen LogP contribution in [-0.4, -0.2) is 43.2 Å². The Kier molecular flexibility index (Phi) is 6.77. The van der Waals surface area contributed by atoms with Gasteiger partial charge in [-0.1, -0.05) is 6.07 Å². The van der Waals surface area contributed by atoms with Crippen molar-refractivity contribution in [1.82, 2.24) is 4.68 Å². The number of nitrogens with zero attached hydrogens (tertiary/aromatic N) is 2. The monoisotopic (exact) mass is 476 g/mol. The highest BCUT2D eigenvalue weighted by Gasteiger charge is 2.36. The number of nitrogens with one attached hydrogen (secondary N) is 2. The van der Waals surface area contributed by atoms with E-state index in [-0.39, 0.29) is 30.7 Å². The Morgan fingerprint density at radius 3 is 2.40 bits per heavy atom. The third-order valence-corrected chi connectivity index (χ3v) is 6.05. The van der Waals surface area contributed by atoms with Gasteiger partial charge < -0.3 is 19.7 Å². The fourth-order valence-electron chi connectivity index (χ4n) is 4.12. The summed E-state index contributed by atoms with van der Waals surface area (Å²) in [5, 5.41) is 2.84. The molecule has 1 fully saturated rings. The van der Waals surface area contributed by atoms with Gasteiger partial charge in [-0.05, 0) is 56.3 Å². The molecule has 3 amide bonds. The minimum absolute atomic E-state index is 0.0768. The van der Waals surface area contributed by atoms with Gasteiger partial charge in [0.05, 0.1) is 25.8 Å². The topological polar surface area (TPSA) is 102 Å². The molecule has 0 unspecified atom stereocenters. The van der Waals surface area contributed by atoms with Crippen molar-refractivity contribution in [3.05, 3.63) is 71.5 Å². The predicted molar refractivity (Wildman–Crippen MR) is 133 cm³/mol. The summed E-state index contributed by atoms with van der Waals surface area (Å²) in [6.07, 6.45) is 0.0768. The van der Waals surface area contributed by atoms with Gasteiger partial charge in [-0.15, -0.1) is 0 Å². The van der Waals surface area contributed by atoms with Crippen LogP contribution in [0.1, 0.15) is 28.2 Å². The molecule has 4 rings (SSSR count). The lowest BCUT2D eigenvalue weighted by Crippen LogP contribution is -2.28. The molecule has 3 aromatic rings. The Morgan fingerprint density at radius 1 is 0.971 bits per heavy atom. The molecule has 9 nitrogen and oxygen atoms in total. The van der Waals surface area contributed by atoms with Crippen molar-refractivity contribution in [3.63, 3.8) is 0 Å². The predicted octanol–water partition coefficient (Wildman–Crippen LogP) is 3.50. The summed E-state index contributed by atoms with van der Waals surface area (Å²) < 4.78 is 12.3. The molecule has 1 atom stereocenters. The van der Waals surface area contributed by atoms with Crippen molar-refractivity contribution in [2.24, 2.45) is 5.92 Å². The number of anilines is 2. The molecular weight excluding hydrogens is 448 g/mol. The molecule has 2 heterocycles. The van der Waals surface area contributed by atoms with Crippen molar-refractivity contribution in [2.45, 2.75) is 20.3 Å². The summed E-state index contributed by atoms with van der Waals surface area (Å²) in [6.45, 7) is 4.02. The highest BCUT2D eigenvalue weighted by molar-refractivity contribution is 6.05. The van der Waals surface area contributed by atoms with Crippen LogP contribution in [0.5, 0.6) is 11.5 Å². The molecule has 0 spiro atoms. The lowest BCUT2D eigenvalue weighted by Gasteiger charge is -2.20. The molecule has 0 saturated carbocycles. The van der Waals surface area contributed by atoms with E-state index in [1.807, 2.05) is 26.0 Å². The zero-order valence-corrected chi connectivity index (χ0v) is 20.1. The fraction of sp³-hybridized carbons (Fsp3) is 0.269. The highest BCUT2D eigenvalue weighted by atomic mass is 16.5. The first-order valence-electron chi connectivity index (χ1n) is 11.2. The van der Waals surface area contributed by atoms with Crippen LogP contribution in [0.25, 0.3) is 0 Å². The van der Waals surface area contributed by atoms with Crippen LogP contribution in [0.4, 0.5) is 11.4 Å². The van der Waals surface area contributed by atoms with Crippen molar-refractivity contribution >= 4 is 29.1 Å². The number of hydrogen-bond donors (Lipinski definition) is 2. The van der Waals surface area contributed by atoms with Crippen LogP contribution in [0.2, 0.25) is 0 Å². The van der Waals surface area contributed by atoms with Crippen LogP contribution in [0, 0.1) is 19.8 Å². The maximum absolute atomic E-state index is 13.0. The number of carbonyl (C=O) groups is 3. The standard InChI is InChI=1S/C26H28N4O5/c1-16-8-9-17(2)30(16)28-26(33)18-6-5-7-20(12-18)27-25(32)19-13-24(31)29(15-19)22-11-10-21(34-3)14-23(22)35-4/h5-12,14,19H,13,15H2,1-4H3,(H,27,32)(H,28,33)/t19-/m1/s1. The number of hydrogen-bond acceptors (Lipinski definition) is 5. The molecule has 1 aliphatic heterocycles. The molecule has 0 bridgehead atoms. The minimum atomic E-state index is -0.544. The van der Waals surface area contributed by atoms with Gasteiger partial charge in [0.15, 0.2) is 0 Å². The van der Waals surface area contributed by atoms with Crippen LogP contribution in [0.15, 0.2) is 54.6 Å². The second-order valence-electron chi connectivity index (χ2n) is 8.41. The van der Waals surface area contributed by atoms with Crippen LogP contribution in [0.3, 0.4) is 0 Å². The smallest absolute Gasteiger partial charge is 0.270 e. The van der Waals surface area contributed by atoms with Crippen LogP contribution < -0.4 is 25.1 Å². The van der Waals surface area contributed by atoms with E-state index >= 15 is 0 Å². The average molecular weight is 477 g/mol. The Morgan fingerprint density at radius 2 is 1.71 bits per heavy atom. The molecule has 0 radical (unpaired) electrons. The molecule has 1 aliphatic rings. The van der Waals surface area contributed by atoms with Gasteiger partial charge in [-0.25, -0.2) is 0 Å². The largest absolute Gasteiger partial charge is 0.497 e. The second-order valence-corrected chi connectivity index (χ2v) is 8.41. The number of aromatic nitrogens is 1. The van der Waals surface area contributed by atoms with Gasteiger partial charge in [0.1, 0.15) is 11.5 Å². The summed E-state index contributed by atoms with van der Waals surface area (Å²) in [5.41, 5.74) is 6.14. The van der Waals surface area contributed by atoms with Gasteiger partial charge in [0.25, 0.3) is 5.91 Å². The second kappa shape index (κ2) is 9.92. The van der Waals surface area contributed by atoms with E-state index in [4.69, 9.17) is 9.47 Å². The number of carbonyl (C=O) groups excluding carboxylic acids is 3. The Hall–Kier alpha value is -4.27. The Labute approximate surface area is 203 Å². The normalized spacial score (nSPS) is 15.1. The maximum atomic E-state index is 13.0. The van der Waals surface area contributed by atoms with Gasteiger partial charge in [0.2, 0.25) is 11.8 Å². The van der Waals surface area contributed by atoms with E-state index in [9.17, 15) is 14.4 Å². The lowest BCUT2D eigenvalue weighted by atomic mass is 10.1. The van der Waals surface area contributed by atoms with Gasteiger partial charge >= 0.3 is 0 Å². The molecule has 35 heavy (non-hydrogen) atoms. The number of amides is 3. The van der Waals surface area contributed by atoms with Gasteiger partial charge in [-0.2, -0.15) is 0 Å². The van der Waals surface area contributed by atoms with Crippen molar-refractivity contribution < 1.29 is 23.9 Å². The first-order valence-corrected chi connectivity index (χ1v) is 11.2. The number of ether oxygens (including phenoxy) is 2. The van der Waals surface area contributed by atoms with Gasteiger partial charge in [-0.3, -0.25) is 24.5 Å². The number of aryl methyl sites for hydroxylation is 2. The van der Waals surface area contributed by atoms with Crippen LogP contribution >= 0.6 is 0 Å². The molecule has 1 saturated heterocycles. The van der Waals surface area contributed by atoms with E-state index in [1.165, 1.54) is 7.11 Å². The molecule has 2 N–H and O–H groups in total. The van der Waals surface area contributed by atoms with Crippen molar-refractivity contribution in [3.8, 4) is 11.5 Å². The molecule has 182 valence electrons. The zero-order valence-electron chi connectivity index (χ0n) is 20.1. The van der Waals surface area contributed by atoms with Crippen molar-refractivity contribution in [1.29, 1.82) is 0 Å². The molecule has 1 aromatic heterocycles. The number of benzene rings is 2.